The fraction of sp³-hybridized carbons (Fsp3) is 0.625. The second kappa shape index (κ2) is 3.92. The maximum absolute atomic E-state index is 10.6. The lowest BCUT2D eigenvalue weighted by molar-refractivity contribution is -0.101. The molecular weight excluding hydrogens is 178 g/mol. The molecule has 3 nitrogen and oxygen atoms in total. The maximum Gasteiger partial charge on any atom is 0.340 e. The Labute approximate surface area is 76.9 Å². The molecule has 1 aliphatic rings. The molecule has 0 aromatic rings. The summed E-state index contributed by atoms with van der Waals surface area (Å²) in [6, 6.07) is 0. The topological polar surface area (TPSA) is 29.5 Å². The average molecular weight is 190 g/mol. The molecule has 0 aromatic carbocycles. The fourth-order valence-corrected chi connectivity index (χ4v) is 1.11. The zero-order chi connectivity index (χ0) is 9.14. The van der Waals surface area contributed by atoms with Crippen LogP contribution in [0.3, 0.4) is 0 Å². The molecule has 1 heterocycles. The highest BCUT2D eigenvalue weighted by atomic mass is 35.5. The second-order valence-corrected chi connectivity index (χ2v) is 3.34. The first-order valence-corrected chi connectivity index (χ1v) is 4.28. The van der Waals surface area contributed by atoms with Crippen molar-refractivity contribution < 1.29 is 9.63 Å². The highest BCUT2D eigenvalue weighted by Crippen LogP contribution is 2.15. The minimum Gasteiger partial charge on any atom is -0.265 e. The first-order valence-electron chi connectivity index (χ1n) is 3.90. The van der Waals surface area contributed by atoms with Crippen molar-refractivity contribution in [1.29, 1.82) is 0 Å². The van der Waals surface area contributed by atoms with E-state index in [1.54, 1.807) is 0 Å². The van der Waals surface area contributed by atoms with Gasteiger partial charge in [-0.2, -0.15) is 0 Å². The number of hydrogen-bond acceptors (Lipinski definition) is 2. The third-order valence-corrected chi connectivity index (χ3v) is 2.03. The number of rotatable bonds is 1. The quantitative estimate of drug-likeness (QED) is 0.360. The summed E-state index contributed by atoms with van der Waals surface area (Å²) in [6.07, 6.45) is 1.98. The van der Waals surface area contributed by atoms with Gasteiger partial charge in [0.1, 0.15) is 0 Å². The van der Waals surface area contributed by atoms with E-state index in [1.807, 2.05) is 6.08 Å². The van der Waals surface area contributed by atoms with Crippen molar-refractivity contribution in [3.05, 3.63) is 11.6 Å². The number of amides is 1. The Hall–Kier alpha value is -0.540. The molecule has 68 valence electrons. The Balaban J connectivity index is 2.53. The molecule has 0 radical (unpaired) electrons. The summed E-state index contributed by atoms with van der Waals surface area (Å²) in [5, 5.41) is 0.585. The van der Waals surface area contributed by atoms with Gasteiger partial charge in [-0.15, -0.1) is 0 Å². The molecule has 0 fully saturated rings. The van der Waals surface area contributed by atoms with E-state index < -0.39 is 5.37 Å². The van der Waals surface area contributed by atoms with Gasteiger partial charge in [0.25, 0.3) is 0 Å². The van der Waals surface area contributed by atoms with Crippen molar-refractivity contribution in [2.75, 3.05) is 13.2 Å². The van der Waals surface area contributed by atoms with Crippen molar-refractivity contribution >= 4 is 17.0 Å². The van der Waals surface area contributed by atoms with Gasteiger partial charge in [-0.1, -0.05) is 19.9 Å². The van der Waals surface area contributed by atoms with E-state index in [1.165, 1.54) is 5.57 Å². The molecule has 0 aliphatic carbocycles. The standard InChI is InChI=1S/C8H12ClNO2/c1-6(2)7-3-4-10(8(9)11)12-5-7/h3,6H,4-5H2,1-2H3. The van der Waals surface area contributed by atoms with Crippen molar-refractivity contribution in [1.82, 2.24) is 5.06 Å². The van der Waals surface area contributed by atoms with Gasteiger partial charge >= 0.3 is 5.37 Å². The van der Waals surface area contributed by atoms with Crippen LogP contribution < -0.4 is 0 Å². The molecule has 0 atom stereocenters. The lowest BCUT2D eigenvalue weighted by Crippen LogP contribution is -2.32. The number of carbonyl (C=O) groups is 1. The van der Waals surface area contributed by atoms with E-state index in [0.29, 0.717) is 19.1 Å². The summed E-state index contributed by atoms with van der Waals surface area (Å²) in [4.78, 5) is 15.7. The van der Waals surface area contributed by atoms with E-state index in [0.717, 1.165) is 5.06 Å². The highest BCUT2D eigenvalue weighted by molar-refractivity contribution is 6.62. The minimum absolute atomic E-state index is 0.454. The van der Waals surface area contributed by atoms with Crippen molar-refractivity contribution in [2.45, 2.75) is 13.8 Å². The van der Waals surface area contributed by atoms with Gasteiger partial charge < -0.3 is 0 Å². The van der Waals surface area contributed by atoms with Gasteiger partial charge in [0, 0.05) is 0 Å². The molecule has 0 bridgehead atoms. The van der Waals surface area contributed by atoms with Crippen LogP contribution in [0.2, 0.25) is 0 Å². The Kier molecular flexibility index (Phi) is 3.12. The number of hydrogen-bond donors (Lipinski definition) is 0. The molecule has 0 unspecified atom stereocenters. The van der Waals surface area contributed by atoms with Crippen LogP contribution in [0.5, 0.6) is 0 Å². The Morgan fingerprint density at radius 3 is 2.75 bits per heavy atom. The lowest BCUT2D eigenvalue weighted by Gasteiger charge is -2.24. The lowest BCUT2D eigenvalue weighted by atomic mass is 10.0. The van der Waals surface area contributed by atoms with Gasteiger partial charge in [-0.25, -0.2) is 5.06 Å². The maximum atomic E-state index is 10.6. The predicted molar refractivity (Wildman–Crippen MR) is 46.8 cm³/mol. The molecule has 1 rings (SSSR count). The first-order chi connectivity index (χ1) is 5.61. The first kappa shape index (κ1) is 9.55. The smallest absolute Gasteiger partial charge is 0.265 e. The van der Waals surface area contributed by atoms with E-state index in [4.69, 9.17) is 16.4 Å². The van der Waals surface area contributed by atoms with Crippen LogP contribution >= 0.6 is 11.6 Å². The Morgan fingerprint density at radius 2 is 2.42 bits per heavy atom. The summed E-state index contributed by atoms with van der Waals surface area (Å²) >= 11 is 5.22. The zero-order valence-electron chi connectivity index (χ0n) is 7.21. The summed E-state index contributed by atoms with van der Waals surface area (Å²) in [5.74, 6) is 0.470. The highest BCUT2D eigenvalue weighted by Gasteiger charge is 2.17. The molecule has 0 aromatic heterocycles. The third-order valence-electron chi connectivity index (χ3n) is 1.84. The van der Waals surface area contributed by atoms with E-state index in [2.05, 4.69) is 13.8 Å². The summed E-state index contributed by atoms with van der Waals surface area (Å²) < 4.78 is 0. The molecule has 12 heavy (non-hydrogen) atoms. The van der Waals surface area contributed by atoms with E-state index in [-0.39, 0.29) is 0 Å². The van der Waals surface area contributed by atoms with Crippen LogP contribution in [-0.2, 0) is 4.84 Å². The number of halogens is 1. The molecule has 0 N–H and O–H groups in total. The van der Waals surface area contributed by atoms with Gasteiger partial charge in [-0.3, -0.25) is 9.63 Å². The van der Waals surface area contributed by atoms with Crippen molar-refractivity contribution in [3.8, 4) is 0 Å². The van der Waals surface area contributed by atoms with Crippen LogP contribution in [0.4, 0.5) is 4.79 Å². The molecule has 1 aliphatic heterocycles. The minimum atomic E-state index is -0.561. The summed E-state index contributed by atoms with van der Waals surface area (Å²) in [7, 11) is 0. The van der Waals surface area contributed by atoms with Gasteiger partial charge in [0.15, 0.2) is 0 Å². The van der Waals surface area contributed by atoms with E-state index in [9.17, 15) is 4.79 Å². The average Bonchev–Trinajstić information content (AvgIpc) is 2.04. The van der Waals surface area contributed by atoms with E-state index >= 15 is 0 Å². The summed E-state index contributed by atoms with van der Waals surface area (Å²) in [5.41, 5.74) is 1.21. The number of nitrogens with zero attached hydrogens (tertiary/aromatic N) is 1. The van der Waals surface area contributed by atoms with Gasteiger partial charge in [0.2, 0.25) is 0 Å². The zero-order valence-corrected chi connectivity index (χ0v) is 7.97. The molecule has 0 spiro atoms. The van der Waals surface area contributed by atoms with Crippen molar-refractivity contribution in [2.24, 2.45) is 5.92 Å². The number of carbonyl (C=O) groups excluding carboxylic acids is 1. The normalized spacial score (nSPS) is 18.0. The molecular formula is C8H12ClNO2. The third kappa shape index (κ3) is 2.22. The van der Waals surface area contributed by atoms with Crippen LogP contribution in [0.25, 0.3) is 0 Å². The molecule has 1 amide bonds. The monoisotopic (exact) mass is 189 g/mol. The second-order valence-electron chi connectivity index (χ2n) is 3.02. The molecule has 0 saturated heterocycles. The summed E-state index contributed by atoms with van der Waals surface area (Å²) in [6.45, 7) is 5.10. The van der Waals surface area contributed by atoms with Crippen molar-refractivity contribution in [3.63, 3.8) is 0 Å². The Morgan fingerprint density at radius 1 is 1.75 bits per heavy atom. The Bertz CT molecular complexity index is 213. The predicted octanol–water partition coefficient (Wildman–Crippen LogP) is 2.17. The number of hydroxylamine groups is 2. The molecule has 4 heteroatoms. The molecule has 0 saturated carbocycles. The SMILES string of the molecule is CC(C)C1=CCN(C(=O)Cl)OC1. The van der Waals surface area contributed by atoms with Gasteiger partial charge in [0.05, 0.1) is 13.2 Å². The largest absolute Gasteiger partial charge is 0.340 e. The van der Waals surface area contributed by atoms with Crippen LogP contribution in [0.1, 0.15) is 13.8 Å². The fourth-order valence-electron chi connectivity index (χ4n) is 0.989. The van der Waals surface area contributed by atoms with Gasteiger partial charge in [-0.05, 0) is 23.1 Å². The van der Waals surface area contributed by atoms with Crippen LogP contribution in [-0.4, -0.2) is 23.6 Å². The van der Waals surface area contributed by atoms with Crippen LogP contribution in [0, 0.1) is 5.92 Å². The van der Waals surface area contributed by atoms with Crippen LogP contribution in [0.15, 0.2) is 11.6 Å².